The first-order valence-electron chi connectivity index (χ1n) is 8.03. The summed E-state index contributed by atoms with van der Waals surface area (Å²) in [5, 5.41) is 4.07. The molecule has 1 saturated heterocycles. The number of benzene rings is 1. The Morgan fingerprint density at radius 1 is 1.21 bits per heavy atom. The Morgan fingerprint density at radius 2 is 1.96 bits per heavy atom. The summed E-state index contributed by atoms with van der Waals surface area (Å²) in [5.74, 6) is 0.740. The molecule has 0 unspecified atom stereocenters. The van der Waals surface area contributed by atoms with Crippen molar-refractivity contribution >= 4 is 11.7 Å². The van der Waals surface area contributed by atoms with E-state index < -0.39 is 0 Å². The Balaban J connectivity index is 1.86. The molecule has 7 nitrogen and oxygen atoms in total. The molecular formula is C17H18N4O3. The number of carbonyl (C=O) groups is 1. The molecule has 2 aliphatic rings. The first-order chi connectivity index (χ1) is 11.6. The Kier molecular flexibility index (Phi) is 3.48. The summed E-state index contributed by atoms with van der Waals surface area (Å²) in [4.78, 5) is 28.9. The first kappa shape index (κ1) is 14.7. The molecule has 0 N–H and O–H groups in total. The summed E-state index contributed by atoms with van der Waals surface area (Å²) in [6.45, 7) is 1.84. The smallest absolute Gasteiger partial charge is 0.324 e. The predicted octanol–water partition coefficient (Wildman–Crippen LogP) is 2.11. The molecule has 124 valence electrons. The van der Waals surface area contributed by atoms with Gasteiger partial charge in [-0.1, -0.05) is 18.2 Å². The van der Waals surface area contributed by atoms with Crippen LogP contribution in [-0.4, -0.2) is 33.8 Å². The molecule has 2 amide bonds. The molecule has 0 atom stereocenters. The van der Waals surface area contributed by atoms with Crippen molar-refractivity contribution in [2.45, 2.75) is 19.4 Å². The molecule has 1 fully saturated rings. The molecule has 3 heterocycles. The molecule has 0 bridgehead atoms. The molecule has 24 heavy (non-hydrogen) atoms. The van der Waals surface area contributed by atoms with Crippen LogP contribution in [0.15, 0.2) is 35.3 Å². The second-order valence-electron chi connectivity index (χ2n) is 6.06. The van der Waals surface area contributed by atoms with Gasteiger partial charge in [-0.3, -0.25) is 9.69 Å². The summed E-state index contributed by atoms with van der Waals surface area (Å²) < 4.78 is 7.08. The fourth-order valence-corrected chi connectivity index (χ4v) is 3.15. The summed E-state index contributed by atoms with van der Waals surface area (Å²) in [6.07, 6.45) is 3.54. The highest BCUT2D eigenvalue weighted by Gasteiger charge is 2.31. The number of aryl methyl sites for hydroxylation is 1. The minimum absolute atomic E-state index is 0.107. The topological polar surface area (TPSA) is 67.7 Å². The van der Waals surface area contributed by atoms with Gasteiger partial charge in [0, 0.05) is 25.7 Å². The molecule has 1 aromatic heterocycles. The van der Waals surface area contributed by atoms with Crippen LogP contribution in [0, 0.1) is 0 Å². The number of anilines is 1. The molecule has 2 aromatic rings. The van der Waals surface area contributed by atoms with Crippen LogP contribution in [0.5, 0.6) is 11.5 Å². The van der Waals surface area contributed by atoms with Gasteiger partial charge in [-0.05, 0) is 18.9 Å². The summed E-state index contributed by atoms with van der Waals surface area (Å²) in [6, 6.07) is 7.35. The monoisotopic (exact) mass is 326 g/mol. The Labute approximate surface area is 139 Å². The van der Waals surface area contributed by atoms with Crippen molar-refractivity contribution in [1.29, 1.82) is 0 Å². The van der Waals surface area contributed by atoms with Crippen LogP contribution in [0.2, 0.25) is 0 Å². The van der Waals surface area contributed by atoms with Crippen LogP contribution in [0.3, 0.4) is 0 Å². The lowest BCUT2D eigenvalue weighted by Gasteiger charge is -2.27. The molecule has 1 aromatic carbocycles. The van der Waals surface area contributed by atoms with Crippen molar-refractivity contribution < 1.29 is 9.53 Å². The molecule has 0 aliphatic carbocycles. The number of fused-ring (bicyclic) bond motifs is 2. The number of hydrogen-bond donors (Lipinski definition) is 0. The van der Waals surface area contributed by atoms with Crippen molar-refractivity contribution in [2.75, 3.05) is 18.0 Å². The van der Waals surface area contributed by atoms with E-state index in [1.165, 1.54) is 10.9 Å². The van der Waals surface area contributed by atoms with Gasteiger partial charge in [0.25, 0.3) is 0 Å². The van der Waals surface area contributed by atoms with Crippen LogP contribution in [0.1, 0.15) is 18.4 Å². The van der Waals surface area contributed by atoms with Gasteiger partial charge < -0.3 is 9.64 Å². The van der Waals surface area contributed by atoms with E-state index in [9.17, 15) is 9.59 Å². The van der Waals surface area contributed by atoms with Gasteiger partial charge in [0.1, 0.15) is 11.4 Å². The fraction of sp³-hybridized carbons (Fsp3) is 0.353. The average Bonchev–Trinajstić information content (AvgIpc) is 3.07. The highest BCUT2D eigenvalue weighted by atomic mass is 16.5. The quantitative estimate of drug-likeness (QED) is 0.743. The average molecular weight is 326 g/mol. The zero-order valence-electron chi connectivity index (χ0n) is 13.4. The van der Waals surface area contributed by atoms with E-state index in [-0.39, 0.29) is 17.3 Å². The highest BCUT2D eigenvalue weighted by molar-refractivity contribution is 5.94. The number of amides is 2. The maximum atomic E-state index is 13.0. The van der Waals surface area contributed by atoms with E-state index in [2.05, 4.69) is 5.10 Å². The van der Waals surface area contributed by atoms with Gasteiger partial charge in [-0.15, -0.1) is 0 Å². The molecule has 7 heteroatoms. The zero-order valence-corrected chi connectivity index (χ0v) is 13.4. The van der Waals surface area contributed by atoms with Crippen molar-refractivity contribution in [3.8, 4) is 11.5 Å². The van der Waals surface area contributed by atoms with Gasteiger partial charge in [0.2, 0.25) is 5.75 Å². The van der Waals surface area contributed by atoms with Crippen molar-refractivity contribution in [3.63, 3.8) is 0 Å². The summed E-state index contributed by atoms with van der Waals surface area (Å²) in [5.41, 5.74) is 0.929. The number of hydrogen-bond acceptors (Lipinski definition) is 4. The van der Waals surface area contributed by atoms with Gasteiger partial charge >= 0.3 is 11.6 Å². The van der Waals surface area contributed by atoms with Crippen LogP contribution in [0.25, 0.3) is 0 Å². The lowest BCUT2D eigenvalue weighted by molar-refractivity contribution is 0.215. The largest absolute Gasteiger partial charge is 0.449 e. The van der Waals surface area contributed by atoms with Gasteiger partial charge in [0.15, 0.2) is 0 Å². The Morgan fingerprint density at radius 3 is 2.75 bits per heavy atom. The van der Waals surface area contributed by atoms with Crippen LogP contribution < -0.4 is 15.2 Å². The minimum Gasteiger partial charge on any atom is -0.449 e. The molecule has 4 rings (SSSR count). The summed E-state index contributed by atoms with van der Waals surface area (Å²) >= 11 is 0. The number of carbonyl (C=O) groups excluding carboxylic acids is 1. The van der Waals surface area contributed by atoms with Gasteiger partial charge in [0.05, 0.1) is 12.7 Å². The predicted molar refractivity (Wildman–Crippen MR) is 88.4 cm³/mol. The van der Waals surface area contributed by atoms with E-state index in [4.69, 9.17) is 4.74 Å². The number of urea groups is 1. The number of ether oxygens (including phenoxy) is 1. The third-order valence-corrected chi connectivity index (χ3v) is 4.49. The minimum atomic E-state index is -0.358. The van der Waals surface area contributed by atoms with Crippen molar-refractivity contribution in [2.24, 2.45) is 7.05 Å². The van der Waals surface area contributed by atoms with E-state index in [0.717, 1.165) is 31.5 Å². The maximum absolute atomic E-state index is 13.0. The van der Waals surface area contributed by atoms with Crippen LogP contribution in [0.4, 0.5) is 10.5 Å². The van der Waals surface area contributed by atoms with E-state index in [1.54, 1.807) is 11.9 Å². The standard InChI is InChI=1S/C17H18N4O3/c1-19-16(22)15-13(10-18-19)21(17(23)20-8-4-5-9-20)11-12-6-2-3-7-14(12)24-15/h2-3,6-7,10H,4-5,8-9,11H2,1H3. The maximum Gasteiger partial charge on any atom is 0.324 e. The third-order valence-electron chi connectivity index (χ3n) is 4.49. The highest BCUT2D eigenvalue weighted by Crippen LogP contribution is 2.36. The number of nitrogens with zero attached hydrogens (tertiary/aromatic N) is 4. The van der Waals surface area contributed by atoms with Crippen LogP contribution in [-0.2, 0) is 13.6 Å². The number of para-hydroxylation sites is 1. The van der Waals surface area contributed by atoms with Crippen molar-refractivity contribution in [1.82, 2.24) is 14.7 Å². The Bertz CT molecular complexity index is 855. The number of rotatable bonds is 0. The van der Waals surface area contributed by atoms with Gasteiger partial charge in [-0.2, -0.15) is 5.10 Å². The fourth-order valence-electron chi connectivity index (χ4n) is 3.15. The lowest BCUT2D eigenvalue weighted by Crippen LogP contribution is -2.42. The lowest BCUT2D eigenvalue weighted by atomic mass is 10.2. The second kappa shape index (κ2) is 5.67. The van der Waals surface area contributed by atoms with E-state index in [1.807, 2.05) is 29.2 Å². The molecule has 0 saturated carbocycles. The van der Waals surface area contributed by atoms with Crippen molar-refractivity contribution in [3.05, 3.63) is 46.4 Å². The van der Waals surface area contributed by atoms with Crippen LogP contribution >= 0.6 is 0 Å². The molecule has 0 radical (unpaired) electrons. The normalized spacial score (nSPS) is 16.2. The van der Waals surface area contributed by atoms with E-state index in [0.29, 0.717) is 18.0 Å². The number of likely N-dealkylation sites (tertiary alicyclic amines) is 1. The van der Waals surface area contributed by atoms with E-state index >= 15 is 0 Å². The second-order valence-corrected chi connectivity index (χ2v) is 6.06. The zero-order chi connectivity index (χ0) is 16.7. The SMILES string of the molecule is Cn1ncc2c(c1=O)Oc1ccccc1CN2C(=O)N1CCCC1. The summed E-state index contributed by atoms with van der Waals surface area (Å²) in [7, 11) is 1.56. The third kappa shape index (κ3) is 2.33. The molecular weight excluding hydrogens is 308 g/mol. The molecule has 0 spiro atoms. The molecule has 2 aliphatic heterocycles. The first-order valence-corrected chi connectivity index (χ1v) is 8.03. The van der Waals surface area contributed by atoms with Gasteiger partial charge in [-0.25, -0.2) is 9.48 Å². The Hall–Kier alpha value is -2.83. The number of aromatic nitrogens is 2.